The average Bonchev–Trinajstić information content (AvgIpc) is 2.26. The lowest BCUT2D eigenvalue weighted by molar-refractivity contribution is -0.120. The van der Waals surface area contributed by atoms with Crippen molar-refractivity contribution in [3.63, 3.8) is 0 Å². The van der Waals surface area contributed by atoms with Gasteiger partial charge in [0.25, 0.3) is 0 Å². The van der Waals surface area contributed by atoms with Gasteiger partial charge in [0.2, 0.25) is 5.91 Å². The molecule has 0 spiro atoms. The summed E-state index contributed by atoms with van der Waals surface area (Å²) in [6, 6.07) is 6.34. The number of hydrogen-bond acceptors (Lipinski definition) is 2. The Bertz CT molecular complexity index is 366. The molecule has 94 valence electrons. The number of carbonyl (C=O) groups is 1. The molecule has 0 aromatic heterocycles. The Morgan fingerprint density at radius 3 is 2.82 bits per heavy atom. The van der Waals surface area contributed by atoms with Crippen LogP contribution in [0.3, 0.4) is 0 Å². The topological polar surface area (TPSA) is 41.1 Å². The Morgan fingerprint density at radius 1 is 1.41 bits per heavy atom. The van der Waals surface area contributed by atoms with Crippen LogP contribution in [0.5, 0.6) is 0 Å². The Labute approximate surface area is 101 Å². The van der Waals surface area contributed by atoms with E-state index in [0.717, 1.165) is 5.56 Å². The summed E-state index contributed by atoms with van der Waals surface area (Å²) in [5.74, 6) is 0.158. The molecule has 1 aromatic rings. The molecule has 0 bridgehead atoms. The van der Waals surface area contributed by atoms with Crippen LogP contribution in [0.15, 0.2) is 24.3 Å². The summed E-state index contributed by atoms with van der Waals surface area (Å²) in [7, 11) is 0. The third kappa shape index (κ3) is 6.02. The van der Waals surface area contributed by atoms with Crippen LogP contribution in [-0.2, 0) is 11.3 Å². The minimum Gasteiger partial charge on any atom is -0.355 e. The average molecular weight is 238 g/mol. The molecule has 0 aliphatic rings. The number of amides is 1. The van der Waals surface area contributed by atoms with Crippen molar-refractivity contribution in [3.8, 4) is 0 Å². The molecule has 0 unspecified atom stereocenters. The maximum Gasteiger partial charge on any atom is 0.233 e. The molecule has 17 heavy (non-hydrogen) atoms. The molecule has 3 nitrogen and oxygen atoms in total. The summed E-state index contributed by atoms with van der Waals surface area (Å²) in [4.78, 5) is 11.4. The fourth-order valence-electron chi connectivity index (χ4n) is 1.35. The zero-order valence-electron chi connectivity index (χ0n) is 10.3. The molecule has 1 aromatic carbocycles. The molecule has 2 N–H and O–H groups in total. The van der Waals surface area contributed by atoms with Gasteiger partial charge in [-0.3, -0.25) is 4.79 Å². The van der Waals surface area contributed by atoms with E-state index in [0.29, 0.717) is 19.0 Å². The minimum atomic E-state index is -0.256. The molecule has 1 amide bonds. The van der Waals surface area contributed by atoms with Gasteiger partial charge in [0, 0.05) is 13.1 Å². The predicted molar refractivity (Wildman–Crippen MR) is 66.0 cm³/mol. The third-order valence-electron chi connectivity index (χ3n) is 2.21. The summed E-state index contributed by atoms with van der Waals surface area (Å²) in [6.07, 6.45) is 0. The molecule has 4 heteroatoms. The van der Waals surface area contributed by atoms with Crippen LogP contribution in [0.2, 0.25) is 0 Å². The largest absolute Gasteiger partial charge is 0.355 e. The molecule has 0 aliphatic heterocycles. The van der Waals surface area contributed by atoms with Gasteiger partial charge < -0.3 is 10.6 Å². The second-order valence-electron chi connectivity index (χ2n) is 4.43. The fourth-order valence-corrected chi connectivity index (χ4v) is 1.35. The highest BCUT2D eigenvalue weighted by Gasteiger charge is 2.01. The maximum absolute atomic E-state index is 12.9. The standard InChI is InChI=1S/C13H19FN2O/c1-10(2)7-16-13(17)9-15-8-11-4-3-5-12(14)6-11/h3-6,10,15H,7-9H2,1-2H3,(H,16,17). The van der Waals surface area contributed by atoms with E-state index >= 15 is 0 Å². The quantitative estimate of drug-likeness (QED) is 0.792. The lowest BCUT2D eigenvalue weighted by Gasteiger charge is -2.08. The summed E-state index contributed by atoms with van der Waals surface area (Å²) in [6.45, 7) is 5.51. The van der Waals surface area contributed by atoms with E-state index in [1.54, 1.807) is 6.07 Å². The van der Waals surface area contributed by atoms with Gasteiger partial charge >= 0.3 is 0 Å². The Kier molecular flexibility index (Phi) is 5.63. The van der Waals surface area contributed by atoms with Gasteiger partial charge in [-0.1, -0.05) is 26.0 Å². The van der Waals surface area contributed by atoms with E-state index in [2.05, 4.69) is 10.6 Å². The molecular weight excluding hydrogens is 219 g/mol. The first-order valence-electron chi connectivity index (χ1n) is 5.80. The summed E-state index contributed by atoms with van der Waals surface area (Å²) in [5, 5.41) is 5.78. The number of hydrogen-bond donors (Lipinski definition) is 2. The maximum atomic E-state index is 12.9. The van der Waals surface area contributed by atoms with Crippen molar-refractivity contribution in [2.45, 2.75) is 20.4 Å². The van der Waals surface area contributed by atoms with Crippen molar-refractivity contribution in [2.24, 2.45) is 5.92 Å². The first kappa shape index (κ1) is 13.6. The molecule has 0 fully saturated rings. The molecular formula is C13H19FN2O. The van der Waals surface area contributed by atoms with E-state index in [-0.39, 0.29) is 18.3 Å². The zero-order chi connectivity index (χ0) is 12.7. The van der Waals surface area contributed by atoms with Crippen molar-refractivity contribution in [1.82, 2.24) is 10.6 Å². The van der Waals surface area contributed by atoms with E-state index < -0.39 is 0 Å². The highest BCUT2D eigenvalue weighted by molar-refractivity contribution is 5.77. The van der Waals surface area contributed by atoms with Gasteiger partial charge in [-0.2, -0.15) is 0 Å². The third-order valence-corrected chi connectivity index (χ3v) is 2.21. The van der Waals surface area contributed by atoms with E-state index in [1.165, 1.54) is 12.1 Å². The number of nitrogens with one attached hydrogen (secondary N) is 2. The van der Waals surface area contributed by atoms with Gasteiger partial charge in [-0.15, -0.1) is 0 Å². The van der Waals surface area contributed by atoms with Crippen molar-refractivity contribution >= 4 is 5.91 Å². The SMILES string of the molecule is CC(C)CNC(=O)CNCc1cccc(F)c1. The lowest BCUT2D eigenvalue weighted by Crippen LogP contribution is -2.35. The second kappa shape index (κ2) is 7.01. The van der Waals surface area contributed by atoms with Crippen molar-refractivity contribution < 1.29 is 9.18 Å². The monoisotopic (exact) mass is 238 g/mol. The molecule has 1 rings (SSSR count). The molecule has 0 radical (unpaired) electrons. The second-order valence-corrected chi connectivity index (χ2v) is 4.43. The van der Waals surface area contributed by atoms with Crippen LogP contribution in [0.4, 0.5) is 4.39 Å². The minimum absolute atomic E-state index is 0.0323. The molecule has 0 atom stereocenters. The summed E-state index contributed by atoms with van der Waals surface area (Å²) in [5.41, 5.74) is 0.835. The predicted octanol–water partition coefficient (Wildman–Crippen LogP) is 1.69. The summed E-state index contributed by atoms with van der Waals surface area (Å²) < 4.78 is 12.9. The van der Waals surface area contributed by atoms with Gasteiger partial charge in [0.05, 0.1) is 6.54 Å². The van der Waals surface area contributed by atoms with Crippen LogP contribution in [0.25, 0.3) is 0 Å². The Hall–Kier alpha value is -1.42. The van der Waals surface area contributed by atoms with Crippen LogP contribution >= 0.6 is 0 Å². The van der Waals surface area contributed by atoms with Gasteiger partial charge in [-0.05, 0) is 23.6 Å². The number of benzene rings is 1. The number of halogens is 1. The molecule has 0 aliphatic carbocycles. The van der Waals surface area contributed by atoms with Crippen LogP contribution in [0.1, 0.15) is 19.4 Å². The van der Waals surface area contributed by atoms with Gasteiger partial charge in [0.1, 0.15) is 5.82 Å². The lowest BCUT2D eigenvalue weighted by atomic mass is 10.2. The Morgan fingerprint density at radius 2 is 2.18 bits per heavy atom. The zero-order valence-corrected chi connectivity index (χ0v) is 10.3. The van der Waals surface area contributed by atoms with E-state index in [9.17, 15) is 9.18 Å². The van der Waals surface area contributed by atoms with Crippen molar-refractivity contribution in [3.05, 3.63) is 35.6 Å². The number of rotatable bonds is 6. The fraction of sp³-hybridized carbons (Fsp3) is 0.462. The van der Waals surface area contributed by atoms with E-state index in [1.807, 2.05) is 19.9 Å². The smallest absolute Gasteiger partial charge is 0.233 e. The molecule has 0 saturated heterocycles. The molecule has 0 saturated carbocycles. The molecule has 0 heterocycles. The Balaban J connectivity index is 2.21. The van der Waals surface area contributed by atoms with Gasteiger partial charge in [-0.25, -0.2) is 4.39 Å². The van der Waals surface area contributed by atoms with Crippen LogP contribution < -0.4 is 10.6 Å². The highest BCUT2D eigenvalue weighted by atomic mass is 19.1. The first-order chi connectivity index (χ1) is 8.08. The van der Waals surface area contributed by atoms with Gasteiger partial charge in [0.15, 0.2) is 0 Å². The normalized spacial score (nSPS) is 10.6. The van der Waals surface area contributed by atoms with Crippen molar-refractivity contribution in [1.29, 1.82) is 0 Å². The number of carbonyl (C=O) groups excluding carboxylic acids is 1. The van der Waals surface area contributed by atoms with E-state index in [4.69, 9.17) is 0 Å². The van der Waals surface area contributed by atoms with Crippen LogP contribution in [-0.4, -0.2) is 19.0 Å². The van der Waals surface area contributed by atoms with Crippen molar-refractivity contribution in [2.75, 3.05) is 13.1 Å². The summed E-state index contributed by atoms with van der Waals surface area (Å²) >= 11 is 0. The highest BCUT2D eigenvalue weighted by Crippen LogP contribution is 2.02. The van der Waals surface area contributed by atoms with Crippen LogP contribution in [0, 0.1) is 11.7 Å². The first-order valence-corrected chi connectivity index (χ1v) is 5.80.